The highest BCUT2D eigenvalue weighted by Gasteiger charge is 2.18. The van der Waals surface area contributed by atoms with Crippen molar-refractivity contribution in [2.75, 3.05) is 42.6 Å². The number of aromatic carboxylic acids is 1. The van der Waals surface area contributed by atoms with Crippen LogP contribution in [0, 0.1) is 0 Å². The molecular formula is C23H32Cl2N2O3. The van der Waals surface area contributed by atoms with E-state index in [1.54, 1.807) is 12.1 Å². The third-order valence-corrected chi connectivity index (χ3v) is 5.23. The summed E-state index contributed by atoms with van der Waals surface area (Å²) in [6, 6.07) is 15.5. The molecule has 1 aliphatic rings. The van der Waals surface area contributed by atoms with Gasteiger partial charge in [0.15, 0.2) is 0 Å². The van der Waals surface area contributed by atoms with Crippen LogP contribution in [0.15, 0.2) is 48.5 Å². The molecule has 0 spiro atoms. The molecule has 1 aliphatic heterocycles. The van der Waals surface area contributed by atoms with E-state index >= 15 is 0 Å². The molecule has 0 amide bonds. The third-order valence-electron chi connectivity index (χ3n) is 5.23. The maximum atomic E-state index is 11.0. The summed E-state index contributed by atoms with van der Waals surface area (Å²) in [5, 5.41) is 9.02. The van der Waals surface area contributed by atoms with E-state index < -0.39 is 5.97 Å². The molecule has 0 aromatic heterocycles. The molecule has 5 nitrogen and oxygen atoms in total. The molecule has 0 radical (unpaired) electrons. The van der Waals surface area contributed by atoms with Gasteiger partial charge in [-0.2, -0.15) is 0 Å². The third kappa shape index (κ3) is 7.29. The molecule has 1 fully saturated rings. The Morgan fingerprint density at radius 1 is 0.833 bits per heavy atom. The topological polar surface area (TPSA) is 53.0 Å². The van der Waals surface area contributed by atoms with Gasteiger partial charge in [-0.1, -0.05) is 26.2 Å². The average molecular weight is 455 g/mol. The number of piperazine rings is 1. The minimum atomic E-state index is -0.884. The first-order valence-electron chi connectivity index (χ1n) is 10.2. The highest BCUT2D eigenvalue weighted by Crippen LogP contribution is 2.23. The van der Waals surface area contributed by atoms with Gasteiger partial charge in [0.2, 0.25) is 0 Å². The number of nitrogens with zero attached hydrogens (tertiary/aromatic N) is 2. The number of carbonyl (C=O) groups is 1. The molecule has 1 saturated heterocycles. The van der Waals surface area contributed by atoms with Gasteiger partial charge in [-0.05, 0) is 55.0 Å². The molecular weight excluding hydrogens is 423 g/mol. The Bertz CT molecular complexity index is 746. The summed E-state index contributed by atoms with van der Waals surface area (Å²) in [4.78, 5) is 15.7. The van der Waals surface area contributed by atoms with Gasteiger partial charge in [0, 0.05) is 37.6 Å². The minimum absolute atomic E-state index is 0. The second-order valence-corrected chi connectivity index (χ2v) is 7.23. The van der Waals surface area contributed by atoms with Crippen molar-refractivity contribution in [2.24, 2.45) is 0 Å². The predicted octanol–water partition coefficient (Wildman–Crippen LogP) is 5.51. The summed E-state index contributed by atoms with van der Waals surface area (Å²) in [6.07, 6.45) is 4.87. The van der Waals surface area contributed by atoms with E-state index in [0.717, 1.165) is 50.6 Å². The molecule has 0 bridgehead atoms. The molecule has 0 atom stereocenters. The van der Waals surface area contributed by atoms with Crippen molar-refractivity contribution < 1.29 is 14.6 Å². The Morgan fingerprint density at radius 3 is 1.80 bits per heavy atom. The molecule has 1 heterocycles. The van der Waals surface area contributed by atoms with E-state index in [1.165, 1.54) is 24.9 Å². The molecule has 30 heavy (non-hydrogen) atoms. The van der Waals surface area contributed by atoms with Gasteiger partial charge in [-0.3, -0.25) is 0 Å². The van der Waals surface area contributed by atoms with Crippen LogP contribution in [0.5, 0.6) is 5.75 Å². The molecule has 0 aliphatic carbocycles. The lowest BCUT2D eigenvalue weighted by molar-refractivity contribution is 0.0697. The van der Waals surface area contributed by atoms with E-state index in [0.29, 0.717) is 5.56 Å². The van der Waals surface area contributed by atoms with E-state index in [9.17, 15) is 4.79 Å². The van der Waals surface area contributed by atoms with Crippen molar-refractivity contribution in [3.05, 3.63) is 54.1 Å². The molecule has 0 unspecified atom stereocenters. The van der Waals surface area contributed by atoms with Crippen molar-refractivity contribution in [1.82, 2.24) is 0 Å². The SMILES string of the molecule is CCCCCCOc1ccc(N2CCN(c3ccc(C(=O)O)cc3)CC2)cc1.Cl.Cl. The number of hydrogen-bond donors (Lipinski definition) is 1. The van der Waals surface area contributed by atoms with Crippen LogP contribution in [0.1, 0.15) is 43.0 Å². The molecule has 1 N–H and O–H groups in total. The highest BCUT2D eigenvalue weighted by atomic mass is 35.5. The van der Waals surface area contributed by atoms with E-state index in [4.69, 9.17) is 9.84 Å². The van der Waals surface area contributed by atoms with Crippen LogP contribution in [0.3, 0.4) is 0 Å². The maximum absolute atomic E-state index is 11.0. The largest absolute Gasteiger partial charge is 0.494 e. The van der Waals surface area contributed by atoms with Crippen LogP contribution in [0.2, 0.25) is 0 Å². The smallest absolute Gasteiger partial charge is 0.335 e. The number of rotatable bonds is 9. The van der Waals surface area contributed by atoms with Gasteiger partial charge in [0.1, 0.15) is 5.75 Å². The van der Waals surface area contributed by atoms with Crippen molar-refractivity contribution in [2.45, 2.75) is 32.6 Å². The van der Waals surface area contributed by atoms with Crippen LogP contribution in [0.25, 0.3) is 0 Å². The van der Waals surface area contributed by atoms with Crippen LogP contribution < -0.4 is 14.5 Å². The highest BCUT2D eigenvalue weighted by molar-refractivity contribution is 5.88. The summed E-state index contributed by atoms with van der Waals surface area (Å²) < 4.78 is 5.83. The monoisotopic (exact) mass is 454 g/mol. The lowest BCUT2D eigenvalue weighted by Gasteiger charge is -2.37. The van der Waals surface area contributed by atoms with E-state index in [-0.39, 0.29) is 24.8 Å². The number of unbranched alkanes of at least 4 members (excludes halogenated alkanes) is 3. The molecule has 2 aromatic carbocycles. The zero-order chi connectivity index (χ0) is 19.8. The van der Waals surface area contributed by atoms with Crippen LogP contribution >= 0.6 is 24.8 Å². The summed E-state index contributed by atoms with van der Waals surface area (Å²) >= 11 is 0. The fraction of sp³-hybridized carbons (Fsp3) is 0.435. The molecule has 166 valence electrons. The number of ether oxygens (including phenoxy) is 1. The van der Waals surface area contributed by atoms with E-state index in [2.05, 4.69) is 41.0 Å². The Kier molecular flexibility index (Phi) is 11.4. The lowest BCUT2D eigenvalue weighted by atomic mass is 10.1. The Balaban J connectivity index is 0.00000225. The number of hydrogen-bond acceptors (Lipinski definition) is 4. The second-order valence-electron chi connectivity index (χ2n) is 7.23. The molecule has 3 rings (SSSR count). The number of halogens is 2. The summed E-state index contributed by atoms with van der Waals surface area (Å²) in [5.74, 6) is 0.0576. The van der Waals surface area contributed by atoms with Gasteiger partial charge in [0.25, 0.3) is 0 Å². The lowest BCUT2D eigenvalue weighted by Crippen LogP contribution is -2.46. The number of benzene rings is 2. The van der Waals surface area contributed by atoms with Gasteiger partial charge in [0.05, 0.1) is 12.2 Å². The fourth-order valence-electron chi connectivity index (χ4n) is 3.51. The predicted molar refractivity (Wildman–Crippen MR) is 128 cm³/mol. The molecule has 2 aromatic rings. The first kappa shape index (κ1) is 25.9. The summed E-state index contributed by atoms with van der Waals surface area (Å²) in [6.45, 7) is 6.73. The molecule has 0 saturated carbocycles. The Hall–Kier alpha value is -2.11. The van der Waals surface area contributed by atoms with Crippen LogP contribution in [0.4, 0.5) is 11.4 Å². The van der Waals surface area contributed by atoms with Gasteiger partial charge in [-0.15, -0.1) is 24.8 Å². The number of carboxylic acids is 1. The Labute approximate surface area is 191 Å². The van der Waals surface area contributed by atoms with Crippen molar-refractivity contribution >= 4 is 42.2 Å². The first-order chi connectivity index (χ1) is 13.7. The van der Waals surface area contributed by atoms with Gasteiger partial charge in [-0.25, -0.2) is 4.79 Å². The normalized spacial score (nSPS) is 13.2. The van der Waals surface area contributed by atoms with Crippen molar-refractivity contribution in [3.63, 3.8) is 0 Å². The zero-order valence-corrected chi connectivity index (χ0v) is 19.1. The second kappa shape index (κ2) is 13.2. The summed E-state index contributed by atoms with van der Waals surface area (Å²) in [5.41, 5.74) is 2.63. The first-order valence-corrected chi connectivity index (χ1v) is 10.2. The van der Waals surface area contributed by atoms with Crippen molar-refractivity contribution in [3.8, 4) is 5.75 Å². The van der Waals surface area contributed by atoms with Gasteiger partial charge < -0.3 is 19.6 Å². The standard InChI is InChI=1S/C23H30N2O3.2ClH/c1-2-3-4-5-18-28-22-12-10-21(11-13-22)25-16-14-24(15-17-25)20-8-6-19(7-9-20)23(26)27;;/h6-13H,2-5,14-18H2,1H3,(H,26,27);2*1H. The average Bonchev–Trinajstić information content (AvgIpc) is 2.74. The fourth-order valence-corrected chi connectivity index (χ4v) is 3.51. The van der Waals surface area contributed by atoms with Crippen LogP contribution in [-0.4, -0.2) is 43.9 Å². The maximum Gasteiger partial charge on any atom is 0.335 e. The summed E-state index contributed by atoms with van der Waals surface area (Å²) in [7, 11) is 0. The zero-order valence-electron chi connectivity index (χ0n) is 17.5. The van der Waals surface area contributed by atoms with Crippen molar-refractivity contribution in [1.29, 1.82) is 0 Å². The number of carboxylic acid groups (broad SMARTS) is 1. The van der Waals surface area contributed by atoms with Crippen LogP contribution in [-0.2, 0) is 0 Å². The van der Waals surface area contributed by atoms with Gasteiger partial charge >= 0.3 is 5.97 Å². The number of anilines is 2. The quantitative estimate of drug-likeness (QED) is 0.505. The molecule has 7 heteroatoms. The Morgan fingerprint density at radius 2 is 1.33 bits per heavy atom. The van der Waals surface area contributed by atoms with E-state index in [1.807, 2.05) is 12.1 Å². The minimum Gasteiger partial charge on any atom is -0.494 e.